The highest BCUT2D eigenvalue weighted by molar-refractivity contribution is 5.92. The Balaban J connectivity index is 1.78. The predicted molar refractivity (Wildman–Crippen MR) is 80.7 cm³/mol. The van der Waals surface area contributed by atoms with Crippen LogP contribution in [0.3, 0.4) is 0 Å². The molecule has 0 saturated heterocycles. The average molecular weight is 312 g/mol. The highest BCUT2D eigenvalue weighted by Gasteiger charge is 2.19. The lowest BCUT2D eigenvalue weighted by Gasteiger charge is -2.14. The number of aromatic amines is 1. The molecule has 0 saturated carbocycles. The van der Waals surface area contributed by atoms with Gasteiger partial charge < -0.3 is 5.32 Å². The normalized spacial score (nSPS) is 12.0. The Morgan fingerprint density at radius 2 is 2.35 bits per heavy atom. The summed E-state index contributed by atoms with van der Waals surface area (Å²) in [6.45, 7) is 2.02. The standard InChI is InChI=1S/C14H16N8O/c1-2-4-11(13-18-20-21-19-13)17-14(23)12-9-10(5-7-15-12)22-8-3-6-16-22/h3,5-9,11H,2,4H2,1H3,(H,17,23)(H,18,19,20,21)/t11-/m0/s1. The van der Waals surface area contributed by atoms with Gasteiger partial charge in [-0.1, -0.05) is 18.6 Å². The van der Waals surface area contributed by atoms with Crippen molar-refractivity contribution in [1.29, 1.82) is 0 Å². The van der Waals surface area contributed by atoms with E-state index in [1.54, 1.807) is 35.4 Å². The van der Waals surface area contributed by atoms with Crippen LogP contribution in [-0.4, -0.2) is 41.3 Å². The zero-order chi connectivity index (χ0) is 16.1. The Kier molecular flexibility index (Phi) is 4.37. The molecule has 3 heterocycles. The molecular formula is C14H16N8O. The third-order valence-corrected chi connectivity index (χ3v) is 3.30. The fourth-order valence-electron chi connectivity index (χ4n) is 2.21. The molecule has 0 bridgehead atoms. The van der Waals surface area contributed by atoms with Crippen molar-refractivity contribution in [2.45, 2.75) is 25.8 Å². The van der Waals surface area contributed by atoms with Crippen LogP contribution in [0.4, 0.5) is 0 Å². The fourth-order valence-corrected chi connectivity index (χ4v) is 2.21. The Bertz CT molecular complexity index is 753. The molecule has 3 aromatic heterocycles. The van der Waals surface area contributed by atoms with E-state index in [0.717, 1.165) is 12.1 Å². The molecule has 1 atom stereocenters. The summed E-state index contributed by atoms with van der Waals surface area (Å²) >= 11 is 0. The van der Waals surface area contributed by atoms with E-state index in [1.165, 1.54) is 0 Å². The minimum atomic E-state index is -0.304. The van der Waals surface area contributed by atoms with Crippen molar-refractivity contribution in [3.05, 3.63) is 48.3 Å². The Hall–Kier alpha value is -3.10. The van der Waals surface area contributed by atoms with Gasteiger partial charge in [0, 0.05) is 18.6 Å². The van der Waals surface area contributed by atoms with Gasteiger partial charge in [0.2, 0.25) is 0 Å². The van der Waals surface area contributed by atoms with Crippen LogP contribution < -0.4 is 5.32 Å². The number of hydrogen-bond donors (Lipinski definition) is 2. The van der Waals surface area contributed by atoms with E-state index in [9.17, 15) is 4.79 Å². The van der Waals surface area contributed by atoms with Gasteiger partial charge in [-0.3, -0.25) is 9.78 Å². The van der Waals surface area contributed by atoms with Crippen LogP contribution >= 0.6 is 0 Å². The zero-order valence-electron chi connectivity index (χ0n) is 12.5. The minimum absolute atomic E-state index is 0.290. The smallest absolute Gasteiger partial charge is 0.270 e. The molecule has 2 N–H and O–H groups in total. The maximum absolute atomic E-state index is 12.5. The maximum Gasteiger partial charge on any atom is 0.270 e. The number of H-pyrrole nitrogens is 1. The number of amides is 1. The predicted octanol–water partition coefficient (Wildman–Crippen LogP) is 1.05. The van der Waals surface area contributed by atoms with Gasteiger partial charge in [-0.25, -0.2) is 4.68 Å². The van der Waals surface area contributed by atoms with E-state index in [4.69, 9.17) is 0 Å². The Morgan fingerprint density at radius 3 is 3.04 bits per heavy atom. The van der Waals surface area contributed by atoms with E-state index in [0.29, 0.717) is 17.9 Å². The minimum Gasteiger partial charge on any atom is -0.341 e. The molecule has 0 aliphatic heterocycles. The van der Waals surface area contributed by atoms with Gasteiger partial charge in [-0.2, -0.15) is 10.3 Å². The quantitative estimate of drug-likeness (QED) is 0.703. The summed E-state index contributed by atoms with van der Waals surface area (Å²) in [5.74, 6) is 0.172. The fraction of sp³-hybridized carbons (Fsp3) is 0.286. The molecule has 0 unspecified atom stereocenters. The van der Waals surface area contributed by atoms with Crippen molar-refractivity contribution < 1.29 is 4.79 Å². The molecule has 23 heavy (non-hydrogen) atoms. The van der Waals surface area contributed by atoms with Crippen molar-refractivity contribution in [3.8, 4) is 5.69 Å². The van der Waals surface area contributed by atoms with Crippen LogP contribution in [0.15, 0.2) is 36.8 Å². The van der Waals surface area contributed by atoms with Crippen LogP contribution in [0.5, 0.6) is 0 Å². The Morgan fingerprint density at radius 1 is 1.43 bits per heavy atom. The van der Waals surface area contributed by atoms with E-state index in [1.807, 2.05) is 13.0 Å². The summed E-state index contributed by atoms with van der Waals surface area (Å²) in [7, 11) is 0. The SMILES string of the molecule is CCC[C@H](NC(=O)c1cc(-n2cccn2)ccn1)c1nn[nH]n1. The third kappa shape index (κ3) is 3.39. The zero-order valence-corrected chi connectivity index (χ0v) is 12.5. The van der Waals surface area contributed by atoms with E-state index in [2.05, 4.69) is 36.0 Å². The lowest BCUT2D eigenvalue weighted by Crippen LogP contribution is -2.30. The highest BCUT2D eigenvalue weighted by atomic mass is 16.2. The molecule has 3 aromatic rings. The van der Waals surface area contributed by atoms with Gasteiger partial charge in [-0.05, 0) is 24.6 Å². The molecule has 9 nitrogen and oxygen atoms in total. The second-order valence-electron chi connectivity index (χ2n) is 4.93. The first kappa shape index (κ1) is 14.8. The van der Waals surface area contributed by atoms with E-state index < -0.39 is 0 Å². The first-order valence-corrected chi connectivity index (χ1v) is 7.28. The number of pyridine rings is 1. The van der Waals surface area contributed by atoms with Gasteiger partial charge in [-0.15, -0.1) is 10.2 Å². The molecule has 9 heteroatoms. The third-order valence-electron chi connectivity index (χ3n) is 3.30. The van der Waals surface area contributed by atoms with Crippen LogP contribution in [0.25, 0.3) is 5.69 Å². The van der Waals surface area contributed by atoms with Crippen LogP contribution in [0, 0.1) is 0 Å². The van der Waals surface area contributed by atoms with E-state index >= 15 is 0 Å². The first-order valence-electron chi connectivity index (χ1n) is 7.28. The number of nitrogens with zero attached hydrogens (tertiary/aromatic N) is 6. The summed E-state index contributed by atoms with van der Waals surface area (Å²) in [6, 6.07) is 4.98. The first-order chi connectivity index (χ1) is 11.3. The topological polar surface area (TPSA) is 114 Å². The second kappa shape index (κ2) is 6.77. The maximum atomic E-state index is 12.5. The van der Waals surface area contributed by atoms with Crippen LogP contribution in [0.2, 0.25) is 0 Å². The number of rotatable bonds is 6. The average Bonchev–Trinajstić information content (AvgIpc) is 3.28. The molecule has 1 amide bonds. The molecule has 0 fully saturated rings. The number of carbonyl (C=O) groups excluding carboxylic acids is 1. The van der Waals surface area contributed by atoms with Gasteiger partial charge in [0.05, 0.1) is 11.7 Å². The van der Waals surface area contributed by atoms with Gasteiger partial charge >= 0.3 is 0 Å². The van der Waals surface area contributed by atoms with Gasteiger partial charge in [0.25, 0.3) is 5.91 Å². The van der Waals surface area contributed by atoms with Gasteiger partial charge in [0.15, 0.2) is 5.82 Å². The molecule has 0 aliphatic carbocycles. The van der Waals surface area contributed by atoms with Crippen molar-refractivity contribution in [2.24, 2.45) is 0 Å². The lowest BCUT2D eigenvalue weighted by molar-refractivity contribution is 0.0927. The summed E-state index contributed by atoms with van der Waals surface area (Å²) in [4.78, 5) is 16.6. The number of aromatic nitrogens is 7. The summed E-state index contributed by atoms with van der Waals surface area (Å²) < 4.78 is 1.67. The number of nitrogens with one attached hydrogen (secondary N) is 2. The van der Waals surface area contributed by atoms with Crippen molar-refractivity contribution in [3.63, 3.8) is 0 Å². The summed E-state index contributed by atoms with van der Waals surface area (Å²) in [5.41, 5.74) is 1.07. The second-order valence-corrected chi connectivity index (χ2v) is 4.93. The molecule has 118 valence electrons. The summed E-state index contributed by atoms with van der Waals surface area (Å²) in [6.07, 6.45) is 6.64. The largest absolute Gasteiger partial charge is 0.341 e. The molecule has 0 aromatic carbocycles. The van der Waals surface area contributed by atoms with Crippen molar-refractivity contribution >= 4 is 5.91 Å². The summed E-state index contributed by atoms with van der Waals surface area (Å²) in [5, 5.41) is 20.9. The molecule has 0 aliphatic rings. The Labute approximate surface area is 132 Å². The van der Waals surface area contributed by atoms with Crippen molar-refractivity contribution in [1.82, 2.24) is 40.7 Å². The molecule has 0 radical (unpaired) electrons. The molecular weight excluding hydrogens is 296 g/mol. The van der Waals surface area contributed by atoms with Gasteiger partial charge in [0.1, 0.15) is 5.69 Å². The highest BCUT2D eigenvalue weighted by Crippen LogP contribution is 2.14. The number of carbonyl (C=O) groups is 1. The van der Waals surface area contributed by atoms with E-state index in [-0.39, 0.29) is 11.9 Å². The number of hydrogen-bond acceptors (Lipinski definition) is 6. The number of tetrazole rings is 1. The van der Waals surface area contributed by atoms with Crippen molar-refractivity contribution in [2.75, 3.05) is 0 Å². The lowest BCUT2D eigenvalue weighted by atomic mass is 10.1. The monoisotopic (exact) mass is 312 g/mol. The molecule has 3 rings (SSSR count). The van der Waals surface area contributed by atoms with Crippen LogP contribution in [0.1, 0.15) is 42.1 Å². The van der Waals surface area contributed by atoms with Crippen LogP contribution in [-0.2, 0) is 0 Å². The molecule has 0 spiro atoms.